The minimum absolute atomic E-state index is 0.127. The first-order valence-corrected chi connectivity index (χ1v) is 10.6. The van der Waals surface area contributed by atoms with Crippen LogP contribution < -0.4 is 5.32 Å². The van der Waals surface area contributed by atoms with Gasteiger partial charge in [0.2, 0.25) is 5.89 Å². The number of aliphatic hydroxyl groups is 1. The van der Waals surface area contributed by atoms with Gasteiger partial charge in [0.25, 0.3) is 5.91 Å². The number of nitrogens with zero attached hydrogens (tertiary/aromatic N) is 3. The number of hydrogen-bond donors (Lipinski definition) is 2. The molecule has 1 atom stereocenters. The fraction of sp³-hybridized carbons (Fsp3) is 0.545. The van der Waals surface area contributed by atoms with Crippen LogP contribution >= 0.6 is 0 Å². The van der Waals surface area contributed by atoms with E-state index < -0.39 is 11.7 Å². The molecule has 1 fully saturated rings. The van der Waals surface area contributed by atoms with Crippen molar-refractivity contribution in [2.45, 2.75) is 45.8 Å². The molecule has 7 nitrogen and oxygen atoms in total. The zero-order valence-corrected chi connectivity index (χ0v) is 17.7. The molecular weight excluding hydrogens is 387 g/mol. The molecule has 1 saturated heterocycles. The molecule has 0 bridgehead atoms. The van der Waals surface area contributed by atoms with Crippen LogP contribution in [0, 0.1) is 12.7 Å². The van der Waals surface area contributed by atoms with Gasteiger partial charge in [-0.25, -0.2) is 9.37 Å². The van der Waals surface area contributed by atoms with Crippen LogP contribution in [0.4, 0.5) is 10.1 Å². The number of halogens is 1. The maximum atomic E-state index is 13.8. The van der Waals surface area contributed by atoms with Gasteiger partial charge in [-0.1, -0.05) is 25.8 Å². The molecule has 1 aliphatic heterocycles. The number of aromatic nitrogens is 1. The highest BCUT2D eigenvalue weighted by molar-refractivity contribution is 6.02. The second kappa shape index (κ2) is 10.7. The van der Waals surface area contributed by atoms with Crippen molar-refractivity contribution in [3.05, 3.63) is 47.4 Å². The average Bonchev–Trinajstić information content (AvgIpc) is 3.19. The molecule has 2 N–H and O–H groups in total. The SMILES string of the molecule is CCCC[C@@H](O)CN1CCN(Cc2nc(C(=O)Nc3cc(C)ccc3F)co2)CC1. The largest absolute Gasteiger partial charge is 0.447 e. The lowest BCUT2D eigenvalue weighted by atomic mass is 10.1. The third kappa shape index (κ3) is 6.35. The summed E-state index contributed by atoms with van der Waals surface area (Å²) in [6, 6.07) is 4.54. The molecule has 1 amide bonds. The Morgan fingerprint density at radius 2 is 2.03 bits per heavy atom. The monoisotopic (exact) mass is 418 g/mol. The van der Waals surface area contributed by atoms with E-state index in [0.29, 0.717) is 19.0 Å². The minimum Gasteiger partial charge on any atom is -0.447 e. The Morgan fingerprint density at radius 1 is 1.30 bits per heavy atom. The average molecular weight is 419 g/mol. The van der Waals surface area contributed by atoms with Crippen LogP contribution in [0.25, 0.3) is 0 Å². The van der Waals surface area contributed by atoms with E-state index in [0.717, 1.165) is 51.0 Å². The van der Waals surface area contributed by atoms with Crippen molar-refractivity contribution in [2.75, 3.05) is 38.0 Å². The summed E-state index contributed by atoms with van der Waals surface area (Å²) < 4.78 is 19.3. The van der Waals surface area contributed by atoms with Crippen molar-refractivity contribution < 1.29 is 18.7 Å². The normalized spacial score (nSPS) is 16.5. The van der Waals surface area contributed by atoms with E-state index >= 15 is 0 Å². The van der Waals surface area contributed by atoms with E-state index in [9.17, 15) is 14.3 Å². The summed E-state index contributed by atoms with van der Waals surface area (Å²) in [5, 5.41) is 12.6. The van der Waals surface area contributed by atoms with Gasteiger partial charge in [0, 0.05) is 32.7 Å². The molecule has 1 aromatic carbocycles. The highest BCUT2D eigenvalue weighted by Gasteiger charge is 2.21. The van der Waals surface area contributed by atoms with E-state index in [1.807, 2.05) is 6.92 Å². The smallest absolute Gasteiger partial charge is 0.277 e. The number of carbonyl (C=O) groups is 1. The van der Waals surface area contributed by atoms with Gasteiger partial charge in [-0.3, -0.25) is 14.6 Å². The number of nitrogens with one attached hydrogen (secondary N) is 1. The van der Waals surface area contributed by atoms with E-state index in [-0.39, 0.29) is 17.5 Å². The standard InChI is InChI=1S/C22H31FN4O3/c1-3-4-5-17(28)13-26-8-10-27(11-9-26)14-21-24-20(15-30-21)22(29)25-19-12-16(2)6-7-18(19)23/h6-7,12,15,17,28H,3-5,8-11,13-14H2,1-2H3,(H,25,29)/t17-/m1/s1. The summed E-state index contributed by atoms with van der Waals surface area (Å²) in [7, 11) is 0. The summed E-state index contributed by atoms with van der Waals surface area (Å²) in [5.41, 5.74) is 1.11. The number of anilines is 1. The van der Waals surface area contributed by atoms with Crippen molar-refractivity contribution in [1.82, 2.24) is 14.8 Å². The predicted molar refractivity (Wildman–Crippen MR) is 113 cm³/mol. The van der Waals surface area contributed by atoms with Crippen LogP contribution in [0.2, 0.25) is 0 Å². The first-order valence-electron chi connectivity index (χ1n) is 10.6. The maximum absolute atomic E-state index is 13.8. The van der Waals surface area contributed by atoms with Crippen LogP contribution in [0.5, 0.6) is 0 Å². The van der Waals surface area contributed by atoms with Crippen LogP contribution in [0.3, 0.4) is 0 Å². The first kappa shape index (κ1) is 22.4. The van der Waals surface area contributed by atoms with Gasteiger partial charge in [-0.2, -0.15) is 0 Å². The fourth-order valence-electron chi connectivity index (χ4n) is 3.56. The number of rotatable bonds is 9. The van der Waals surface area contributed by atoms with Crippen molar-refractivity contribution in [2.24, 2.45) is 0 Å². The fourth-order valence-corrected chi connectivity index (χ4v) is 3.56. The number of aryl methyl sites for hydroxylation is 1. The number of unbranched alkanes of at least 4 members (excludes halogenated alkanes) is 1. The Bertz CT molecular complexity index is 834. The van der Waals surface area contributed by atoms with Crippen LogP contribution in [0.1, 0.15) is 48.1 Å². The lowest BCUT2D eigenvalue weighted by molar-refractivity contribution is 0.0627. The number of amides is 1. The number of oxazole rings is 1. The number of piperazine rings is 1. The summed E-state index contributed by atoms with van der Waals surface area (Å²) in [4.78, 5) is 21.1. The molecule has 164 valence electrons. The van der Waals surface area contributed by atoms with Crippen LogP contribution in [-0.2, 0) is 6.54 Å². The third-order valence-electron chi connectivity index (χ3n) is 5.34. The number of hydrogen-bond acceptors (Lipinski definition) is 6. The van der Waals surface area contributed by atoms with Gasteiger partial charge in [-0.05, 0) is 31.0 Å². The number of aliphatic hydroxyl groups excluding tert-OH is 1. The van der Waals surface area contributed by atoms with Crippen LogP contribution in [0.15, 0.2) is 28.9 Å². The van der Waals surface area contributed by atoms with E-state index in [1.165, 1.54) is 12.3 Å². The van der Waals surface area contributed by atoms with E-state index in [1.54, 1.807) is 12.1 Å². The molecular formula is C22H31FN4O3. The quantitative estimate of drug-likeness (QED) is 0.651. The molecule has 2 heterocycles. The molecule has 30 heavy (non-hydrogen) atoms. The molecule has 2 aromatic rings. The summed E-state index contributed by atoms with van der Waals surface area (Å²) in [6.45, 7) is 8.63. The summed E-state index contributed by atoms with van der Waals surface area (Å²) in [6.07, 6.45) is 4.05. The van der Waals surface area contributed by atoms with Gasteiger partial charge in [0.1, 0.15) is 12.1 Å². The van der Waals surface area contributed by atoms with Crippen molar-refractivity contribution in [1.29, 1.82) is 0 Å². The van der Waals surface area contributed by atoms with Gasteiger partial charge in [-0.15, -0.1) is 0 Å². The Hall–Kier alpha value is -2.29. The molecule has 0 aliphatic carbocycles. The van der Waals surface area contributed by atoms with Gasteiger partial charge < -0.3 is 14.8 Å². The maximum Gasteiger partial charge on any atom is 0.277 e. The van der Waals surface area contributed by atoms with E-state index in [4.69, 9.17) is 4.42 Å². The van der Waals surface area contributed by atoms with Gasteiger partial charge >= 0.3 is 0 Å². The Labute approximate surface area is 176 Å². The third-order valence-corrected chi connectivity index (χ3v) is 5.34. The highest BCUT2D eigenvalue weighted by Crippen LogP contribution is 2.17. The molecule has 0 radical (unpaired) electrons. The lowest BCUT2D eigenvalue weighted by Crippen LogP contribution is -2.48. The molecule has 0 spiro atoms. The molecule has 1 aliphatic rings. The van der Waals surface area contributed by atoms with Crippen molar-refractivity contribution >= 4 is 11.6 Å². The Kier molecular flexibility index (Phi) is 7.95. The molecule has 3 rings (SSSR count). The number of β-amino-alcohol motifs (C(OH)–C–C–N with tert-alkyl or cyclic N) is 1. The molecule has 8 heteroatoms. The lowest BCUT2D eigenvalue weighted by Gasteiger charge is -2.35. The second-order valence-electron chi connectivity index (χ2n) is 7.94. The van der Waals surface area contributed by atoms with Crippen molar-refractivity contribution in [3.8, 4) is 0 Å². The second-order valence-corrected chi connectivity index (χ2v) is 7.94. The van der Waals surface area contributed by atoms with Crippen molar-refractivity contribution in [3.63, 3.8) is 0 Å². The topological polar surface area (TPSA) is 81.8 Å². The number of carbonyl (C=O) groups excluding carboxylic acids is 1. The molecule has 0 saturated carbocycles. The summed E-state index contributed by atoms with van der Waals surface area (Å²) >= 11 is 0. The zero-order chi connectivity index (χ0) is 21.5. The van der Waals surface area contributed by atoms with Gasteiger partial charge in [0.05, 0.1) is 18.3 Å². The molecule has 1 aromatic heterocycles. The zero-order valence-electron chi connectivity index (χ0n) is 17.7. The summed E-state index contributed by atoms with van der Waals surface area (Å²) in [5.74, 6) is -0.531. The minimum atomic E-state index is -0.500. The Balaban J connectivity index is 1.47. The Morgan fingerprint density at radius 3 is 2.77 bits per heavy atom. The van der Waals surface area contributed by atoms with E-state index in [2.05, 4.69) is 27.0 Å². The first-order chi connectivity index (χ1) is 14.4. The van der Waals surface area contributed by atoms with Crippen LogP contribution in [-0.4, -0.2) is 64.6 Å². The van der Waals surface area contributed by atoms with Gasteiger partial charge in [0.15, 0.2) is 5.69 Å². The predicted octanol–water partition coefficient (Wildman–Crippen LogP) is 3.04. The highest BCUT2D eigenvalue weighted by atomic mass is 19.1. The number of benzene rings is 1. The molecule has 0 unspecified atom stereocenters.